The molecule has 3 heteroatoms. The second kappa shape index (κ2) is 6.32. The maximum Gasteiger partial charge on any atom is 0.0956 e. The van der Waals surface area contributed by atoms with Gasteiger partial charge in [0, 0.05) is 6.54 Å². The molecule has 0 spiro atoms. The van der Waals surface area contributed by atoms with E-state index in [2.05, 4.69) is 54.6 Å². The van der Waals surface area contributed by atoms with Crippen molar-refractivity contribution in [2.75, 3.05) is 40.3 Å². The molecule has 1 aliphatic rings. The number of nitrogens with zero attached hydrogens (tertiary/aromatic N) is 1. The van der Waals surface area contributed by atoms with Crippen molar-refractivity contribution in [2.45, 2.75) is 18.4 Å². The minimum atomic E-state index is -0.0808. The van der Waals surface area contributed by atoms with Gasteiger partial charge in [0.2, 0.25) is 0 Å². The fourth-order valence-corrected chi connectivity index (χ4v) is 2.51. The Morgan fingerprint density at radius 2 is 1.83 bits per heavy atom. The molecule has 1 heterocycles. The zero-order valence-corrected chi connectivity index (χ0v) is 11.5. The number of rotatable bonds is 5. The van der Waals surface area contributed by atoms with Crippen LogP contribution in [-0.2, 0) is 10.3 Å². The fraction of sp³-hybridized carbons (Fsp3) is 0.600. The van der Waals surface area contributed by atoms with Crippen molar-refractivity contribution in [3.8, 4) is 0 Å². The molecule has 1 saturated heterocycles. The zero-order chi connectivity index (χ0) is 12.8. The number of benzene rings is 1. The number of ether oxygens (including phenoxy) is 1. The highest BCUT2D eigenvalue weighted by Crippen LogP contribution is 2.34. The topological polar surface area (TPSA) is 24.5 Å². The van der Waals surface area contributed by atoms with Gasteiger partial charge in [0.05, 0.1) is 12.2 Å². The summed E-state index contributed by atoms with van der Waals surface area (Å²) in [4.78, 5) is 2.17. The van der Waals surface area contributed by atoms with Gasteiger partial charge >= 0.3 is 0 Å². The molecule has 0 aliphatic carbocycles. The van der Waals surface area contributed by atoms with Crippen molar-refractivity contribution >= 4 is 0 Å². The Hall–Kier alpha value is -0.900. The Labute approximate surface area is 110 Å². The first kappa shape index (κ1) is 13.5. The Morgan fingerprint density at radius 1 is 1.17 bits per heavy atom. The number of likely N-dealkylation sites (N-methyl/N-ethyl adjacent to an activating group) is 1. The molecule has 1 aromatic carbocycles. The Kier molecular flexibility index (Phi) is 4.75. The molecule has 1 fully saturated rings. The van der Waals surface area contributed by atoms with Crippen LogP contribution in [0.25, 0.3) is 0 Å². The van der Waals surface area contributed by atoms with E-state index < -0.39 is 0 Å². The van der Waals surface area contributed by atoms with Crippen LogP contribution in [0.2, 0.25) is 0 Å². The van der Waals surface area contributed by atoms with Crippen LogP contribution in [0.3, 0.4) is 0 Å². The van der Waals surface area contributed by atoms with E-state index in [1.807, 2.05) is 0 Å². The Bertz CT molecular complexity index is 345. The van der Waals surface area contributed by atoms with E-state index in [0.29, 0.717) is 0 Å². The largest absolute Gasteiger partial charge is 0.369 e. The van der Waals surface area contributed by atoms with E-state index >= 15 is 0 Å². The normalized spacial score (nSPS) is 19.1. The molecule has 18 heavy (non-hydrogen) atoms. The van der Waals surface area contributed by atoms with Crippen molar-refractivity contribution in [2.24, 2.45) is 0 Å². The van der Waals surface area contributed by atoms with Gasteiger partial charge < -0.3 is 15.0 Å². The molecule has 3 nitrogen and oxygen atoms in total. The third-order valence-electron chi connectivity index (χ3n) is 3.63. The fourth-order valence-electron chi connectivity index (χ4n) is 2.51. The van der Waals surface area contributed by atoms with Crippen LogP contribution in [0, 0.1) is 0 Å². The van der Waals surface area contributed by atoms with Crippen LogP contribution < -0.4 is 5.32 Å². The zero-order valence-electron chi connectivity index (χ0n) is 11.5. The SMILES string of the molecule is CN(C)CCOC1(c2ccccc2)CCNCC1. The standard InChI is InChI=1S/C15H24N2O/c1-17(2)12-13-18-15(8-10-16-11-9-15)14-6-4-3-5-7-14/h3-7,16H,8-13H2,1-2H3. The van der Waals surface area contributed by atoms with Gasteiger partial charge in [-0.05, 0) is 45.6 Å². The summed E-state index contributed by atoms with van der Waals surface area (Å²) >= 11 is 0. The average molecular weight is 248 g/mol. The maximum atomic E-state index is 6.29. The van der Waals surface area contributed by atoms with Gasteiger partial charge in [-0.3, -0.25) is 0 Å². The molecule has 0 bridgehead atoms. The summed E-state index contributed by atoms with van der Waals surface area (Å²) in [6.07, 6.45) is 2.12. The summed E-state index contributed by atoms with van der Waals surface area (Å²) in [6, 6.07) is 10.7. The van der Waals surface area contributed by atoms with Crippen LogP contribution >= 0.6 is 0 Å². The Balaban J connectivity index is 2.08. The van der Waals surface area contributed by atoms with Crippen molar-refractivity contribution in [1.82, 2.24) is 10.2 Å². The van der Waals surface area contributed by atoms with Crippen LogP contribution in [-0.4, -0.2) is 45.2 Å². The van der Waals surface area contributed by atoms with Gasteiger partial charge in [0.15, 0.2) is 0 Å². The van der Waals surface area contributed by atoms with E-state index in [1.165, 1.54) is 5.56 Å². The molecule has 0 radical (unpaired) electrons. The minimum absolute atomic E-state index is 0.0808. The first-order valence-electron chi connectivity index (χ1n) is 6.78. The van der Waals surface area contributed by atoms with Gasteiger partial charge in [0.1, 0.15) is 0 Å². The summed E-state index contributed by atoms with van der Waals surface area (Å²) in [5.74, 6) is 0. The lowest BCUT2D eigenvalue weighted by atomic mass is 9.85. The number of hydrogen-bond donors (Lipinski definition) is 1. The van der Waals surface area contributed by atoms with Crippen molar-refractivity contribution in [3.63, 3.8) is 0 Å². The molecule has 0 unspecified atom stereocenters. The van der Waals surface area contributed by atoms with Gasteiger partial charge in [-0.15, -0.1) is 0 Å². The molecule has 1 N–H and O–H groups in total. The first-order chi connectivity index (χ1) is 8.73. The lowest BCUT2D eigenvalue weighted by Crippen LogP contribution is -2.42. The number of nitrogens with one attached hydrogen (secondary N) is 1. The first-order valence-corrected chi connectivity index (χ1v) is 6.78. The Morgan fingerprint density at radius 3 is 2.44 bits per heavy atom. The molecule has 0 aromatic heterocycles. The second-order valence-corrected chi connectivity index (χ2v) is 5.26. The van der Waals surface area contributed by atoms with E-state index in [-0.39, 0.29) is 5.60 Å². The highest BCUT2D eigenvalue weighted by atomic mass is 16.5. The van der Waals surface area contributed by atoms with Gasteiger partial charge in [-0.1, -0.05) is 30.3 Å². The predicted molar refractivity (Wildman–Crippen MR) is 74.7 cm³/mol. The maximum absolute atomic E-state index is 6.29. The lowest BCUT2D eigenvalue weighted by Gasteiger charge is -2.38. The van der Waals surface area contributed by atoms with Crippen molar-refractivity contribution < 1.29 is 4.74 Å². The molecule has 1 aromatic rings. The van der Waals surface area contributed by atoms with Crippen LogP contribution in [0.1, 0.15) is 18.4 Å². The molecule has 0 amide bonds. The van der Waals surface area contributed by atoms with E-state index in [9.17, 15) is 0 Å². The van der Waals surface area contributed by atoms with E-state index in [0.717, 1.165) is 39.1 Å². The smallest absolute Gasteiger partial charge is 0.0956 e. The third-order valence-corrected chi connectivity index (χ3v) is 3.63. The van der Waals surface area contributed by atoms with E-state index in [4.69, 9.17) is 4.74 Å². The molecule has 100 valence electrons. The molecular formula is C15H24N2O. The average Bonchev–Trinajstić information content (AvgIpc) is 2.40. The van der Waals surface area contributed by atoms with Gasteiger partial charge in [-0.25, -0.2) is 0 Å². The molecular weight excluding hydrogens is 224 g/mol. The van der Waals surface area contributed by atoms with Gasteiger partial charge in [0.25, 0.3) is 0 Å². The van der Waals surface area contributed by atoms with Gasteiger partial charge in [-0.2, -0.15) is 0 Å². The van der Waals surface area contributed by atoms with Crippen molar-refractivity contribution in [1.29, 1.82) is 0 Å². The van der Waals surface area contributed by atoms with Crippen LogP contribution in [0.5, 0.6) is 0 Å². The lowest BCUT2D eigenvalue weighted by molar-refractivity contribution is -0.0747. The second-order valence-electron chi connectivity index (χ2n) is 5.26. The molecule has 2 rings (SSSR count). The molecule has 0 saturated carbocycles. The third kappa shape index (κ3) is 3.31. The number of piperidine rings is 1. The minimum Gasteiger partial charge on any atom is -0.369 e. The van der Waals surface area contributed by atoms with E-state index in [1.54, 1.807) is 0 Å². The molecule has 1 aliphatic heterocycles. The van der Waals surface area contributed by atoms with Crippen LogP contribution in [0.15, 0.2) is 30.3 Å². The number of hydrogen-bond acceptors (Lipinski definition) is 3. The summed E-state index contributed by atoms with van der Waals surface area (Å²) in [6.45, 7) is 3.84. The highest BCUT2D eigenvalue weighted by Gasteiger charge is 2.34. The predicted octanol–water partition coefficient (Wildman–Crippen LogP) is 1.84. The quantitative estimate of drug-likeness (QED) is 0.860. The van der Waals surface area contributed by atoms with Crippen LogP contribution in [0.4, 0.5) is 0 Å². The van der Waals surface area contributed by atoms with Crippen molar-refractivity contribution in [3.05, 3.63) is 35.9 Å². The highest BCUT2D eigenvalue weighted by molar-refractivity contribution is 5.23. The monoisotopic (exact) mass is 248 g/mol. The molecule has 0 atom stereocenters. The summed E-state index contributed by atoms with van der Waals surface area (Å²) in [7, 11) is 4.17. The summed E-state index contributed by atoms with van der Waals surface area (Å²) in [5.41, 5.74) is 1.24. The summed E-state index contributed by atoms with van der Waals surface area (Å²) < 4.78 is 6.29. The summed E-state index contributed by atoms with van der Waals surface area (Å²) in [5, 5.41) is 3.42.